The van der Waals surface area contributed by atoms with E-state index in [0.29, 0.717) is 24.8 Å². The smallest absolute Gasteiger partial charge is 0.313 e. The summed E-state index contributed by atoms with van der Waals surface area (Å²) in [5, 5.41) is 13.8. The third kappa shape index (κ3) is 8.16. The number of aliphatic hydroxyl groups is 1. The topological polar surface area (TPSA) is 135 Å². The van der Waals surface area contributed by atoms with E-state index >= 15 is 0 Å². The van der Waals surface area contributed by atoms with Crippen LogP contribution in [0.15, 0.2) is 86.0 Å². The molecule has 2 N–H and O–H groups in total. The second-order valence-electron chi connectivity index (χ2n) is 14.3. The molecule has 10 atom stereocenters. The van der Waals surface area contributed by atoms with Crippen LogP contribution in [0.2, 0.25) is 0 Å². The number of rotatable bonds is 19. The number of carbonyl (C=O) groups excluding carboxylic acids is 4. The normalized spacial score (nSPS) is 26.6. The Labute approximate surface area is 320 Å². The van der Waals surface area contributed by atoms with Crippen molar-refractivity contribution in [3.63, 3.8) is 0 Å². The largest absolute Gasteiger partial charge is 0.455 e. The number of ether oxygens (including phenoxy) is 3. The maximum atomic E-state index is 15.0. The molecule has 3 fully saturated rings. The first kappa shape index (κ1) is 40.3. The summed E-state index contributed by atoms with van der Waals surface area (Å²) in [7, 11) is 1.50. The fourth-order valence-corrected chi connectivity index (χ4v) is 9.22. The van der Waals surface area contributed by atoms with Crippen molar-refractivity contribution in [3.05, 3.63) is 97.1 Å². The first-order valence-corrected chi connectivity index (χ1v) is 19.3. The SMILES string of the molecule is C=CCCC(=O)N[C@H](COC)[C@H](OC(=O)[C@@H]1[C@H]2O[C@@]3(CC2Br)[C@H](C(=O)N(CC=C)Cc2ccccc2)N([C@@H](CO)[C@@H](C)CC)C(=O)[C@@H]13)c1ccccc1. The first-order valence-electron chi connectivity index (χ1n) is 18.4. The van der Waals surface area contributed by atoms with E-state index in [-0.39, 0.29) is 55.3 Å². The average Bonchev–Trinajstić information content (AvgIpc) is 3.76. The molecule has 0 radical (unpaired) electrons. The van der Waals surface area contributed by atoms with Gasteiger partial charge in [0.15, 0.2) is 0 Å². The number of likely N-dealkylation sites (tertiary alicyclic amines) is 1. The summed E-state index contributed by atoms with van der Waals surface area (Å²) >= 11 is 3.75. The van der Waals surface area contributed by atoms with Crippen molar-refractivity contribution >= 4 is 39.6 Å². The minimum atomic E-state index is -1.37. The molecule has 3 aliphatic heterocycles. The van der Waals surface area contributed by atoms with Crippen molar-refractivity contribution < 1.29 is 38.5 Å². The summed E-state index contributed by atoms with van der Waals surface area (Å²) in [5.74, 6) is -4.00. The quantitative estimate of drug-likeness (QED) is 0.119. The number of amides is 3. The van der Waals surface area contributed by atoms with Crippen LogP contribution in [0.4, 0.5) is 0 Å². The van der Waals surface area contributed by atoms with Crippen LogP contribution in [0, 0.1) is 17.8 Å². The molecule has 3 saturated heterocycles. The predicted octanol–water partition coefficient (Wildman–Crippen LogP) is 4.74. The first-order chi connectivity index (χ1) is 25.6. The third-order valence-electron chi connectivity index (χ3n) is 11.0. The number of hydrogen-bond donors (Lipinski definition) is 2. The van der Waals surface area contributed by atoms with Gasteiger partial charge in [0, 0.05) is 31.4 Å². The Kier molecular flexibility index (Phi) is 13.7. The number of aliphatic hydroxyl groups excluding tert-OH is 1. The van der Waals surface area contributed by atoms with Crippen LogP contribution in [0.25, 0.3) is 0 Å². The zero-order valence-electron chi connectivity index (χ0n) is 30.8. The summed E-state index contributed by atoms with van der Waals surface area (Å²) < 4.78 is 18.6. The van der Waals surface area contributed by atoms with Gasteiger partial charge in [-0.05, 0) is 29.9 Å². The number of alkyl halides is 1. The molecule has 1 spiro atoms. The fourth-order valence-electron chi connectivity index (χ4n) is 8.28. The Morgan fingerprint density at radius 1 is 1.13 bits per heavy atom. The lowest BCUT2D eigenvalue weighted by molar-refractivity contribution is -0.163. The van der Waals surface area contributed by atoms with Crippen molar-refractivity contribution in [2.24, 2.45) is 17.8 Å². The van der Waals surface area contributed by atoms with Crippen molar-refractivity contribution in [2.45, 2.75) is 86.8 Å². The molecule has 2 aromatic rings. The van der Waals surface area contributed by atoms with Gasteiger partial charge < -0.3 is 34.4 Å². The molecule has 0 aromatic heterocycles. The average molecular weight is 795 g/mol. The molecule has 3 heterocycles. The van der Waals surface area contributed by atoms with Gasteiger partial charge in [0.05, 0.1) is 43.2 Å². The van der Waals surface area contributed by atoms with E-state index in [1.165, 1.54) is 12.0 Å². The minimum Gasteiger partial charge on any atom is -0.455 e. The Bertz CT molecular complexity index is 1610. The van der Waals surface area contributed by atoms with E-state index in [1.807, 2.05) is 62.4 Å². The second kappa shape index (κ2) is 18.0. The highest BCUT2D eigenvalue weighted by Crippen LogP contribution is 2.61. The molecule has 5 rings (SSSR count). The standard InChI is InChI=1S/C41H52BrN3O8/c1-6-9-20-32(47)43-30(25-51-5)35(28-18-14-11-15-19-28)52-40(50)33-34-38(48)45(31(24-46)26(4)8-3)37(41(34)22-29(42)36(33)53-41)39(49)44(21-7-2)23-27-16-12-10-13-17-27/h6-7,10-19,26,29-31,33-37,46H,1-2,8-9,20-25H2,3-5H3,(H,43,47)/t26-,29?,30+,31-,33-,34+,35+,36-,37-,41+/m0/s1. The van der Waals surface area contributed by atoms with E-state index in [9.17, 15) is 24.3 Å². The Hall–Kier alpha value is -3.84. The molecule has 53 heavy (non-hydrogen) atoms. The summed E-state index contributed by atoms with van der Waals surface area (Å²) in [5.41, 5.74) is 0.159. The lowest BCUT2D eigenvalue weighted by atomic mass is 9.70. The summed E-state index contributed by atoms with van der Waals surface area (Å²) in [6.45, 7) is 11.7. The molecule has 3 amide bonds. The summed E-state index contributed by atoms with van der Waals surface area (Å²) in [6, 6.07) is 16.1. The van der Waals surface area contributed by atoms with Gasteiger partial charge in [0.1, 0.15) is 17.7 Å². The van der Waals surface area contributed by atoms with Crippen LogP contribution in [0.3, 0.4) is 0 Å². The maximum absolute atomic E-state index is 15.0. The predicted molar refractivity (Wildman–Crippen MR) is 203 cm³/mol. The molecule has 0 saturated carbocycles. The van der Waals surface area contributed by atoms with Gasteiger partial charge in [-0.2, -0.15) is 0 Å². The number of benzene rings is 2. The van der Waals surface area contributed by atoms with Crippen LogP contribution in [-0.4, -0.2) is 100 Å². The number of hydrogen-bond acceptors (Lipinski definition) is 8. The molecular formula is C41H52BrN3O8. The Morgan fingerprint density at radius 3 is 2.42 bits per heavy atom. The number of esters is 1. The van der Waals surface area contributed by atoms with Gasteiger partial charge >= 0.3 is 5.97 Å². The van der Waals surface area contributed by atoms with Gasteiger partial charge in [0.2, 0.25) is 17.7 Å². The number of nitrogens with one attached hydrogen (secondary N) is 1. The minimum absolute atomic E-state index is 0.0443. The molecule has 3 aliphatic rings. The highest BCUT2D eigenvalue weighted by atomic mass is 79.9. The van der Waals surface area contributed by atoms with Gasteiger partial charge in [0.25, 0.3) is 0 Å². The van der Waals surface area contributed by atoms with Crippen molar-refractivity contribution in [1.82, 2.24) is 15.1 Å². The van der Waals surface area contributed by atoms with E-state index in [4.69, 9.17) is 14.2 Å². The van der Waals surface area contributed by atoms with Crippen LogP contribution in [0.5, 0.6) is 0 Å². The number of carbonyl (C=O) groups is 4. The number of fused-ring (bicyclic) bond motifs is 1. The molecule has 286 valence electrons. The maximum Gasteiger partial charge on any atom is 0.313 e. The fraction of sp³-hybridized carbons (Fsp3) is 0.512. The highest BCUT2D eigenvalue weighted by molar-refractivity contribution is 9.09. The van der Waals surface area contributed by atoms with Gasteiger partial charge in [-0.25, -0.2) is 0 Å². The molecular weight excluding hydrogens is 742 g/mol. The van der Waals surface area contributed by atoms with Crippen LogP contribution < -0.4 is 5.32 Å². The van der Waals surface area contributed by atoms with Crippen molar-refractivity contribution in [3.8, 4) is 0 Å². The summed E-state index contributed by atoms with van der Waals surface area (Å²) in [4.78, 5) is 60.3. The third-order valence-corrected chi connectivity index (χ3v) is 11.8. The van der Waals surface area contributed by atoms with Crippen molar-refractivity contribution in [1.29, 1.82) is 0 Å². The number of methoxy groups -OCH3 is 1. The van der Waals surface area contributed by atoms with E-state index in [0.717, 1.165) is 5.56 Å². The molecule has 2 aromatic carbocycles. The highest BCUT2D eigenvalue weighted by Gasteiger charge is 2.77. The van der Waals surface area contributed by atoms with Crippen LogP contribution >= 0.6 is 15.9 Å². The monoisotopic (exact) mass is 793 g/mol. The Morgan fingerprint density at radius 2 is 1.81 bits per heavy atom. The van der Waals surface area contributed by atoms with Gasteiger partial charge in [-0.1, -0.05) is 109 Å². The van der Waals surface area contributed by atoms with E-state index < -0.39 is 59.6 Å². The van der Waals surface area contributed by atoms with Crippen LogP contribution in [0.1, 0.15) is 56.8 Å². The molecule has 12 heteroatoms. The number of halogens is 1. The second-order valence-corrected chi connectivity index (χ2v) is 15.4. The van der Waals surface area contributed by atoms with E-state index in [2.05, 4.69) is 34.4 Å². The zero-order chi connectivity index (χ0) is 38.3. The molecule has 1 unspecified atom stereocenters. The van der Waals surface area contributed by atoms with Crippen LogP contribution in [-0.2, 0) is 39.9 Å². The van der Waals surface area contributed by atoms with Gasteiger partial charge in [-0.15, -0.1) is 13.2 Å². The zero-order valence-corrected chi connectivity index (χ0v) is 32.4. The van der Waals surface area contributed by atoms with Gasteiger partial charge in [-0.3, -0.25) is 19.2 Å². The van der Waals surface area contributed by atoms with E-state index in [1.54, 1.807) is 29.2 Å². The molecule has 11 nitrogen and oxygen atoms in total. The molecule has 2 bridgehead atoms. The lowest BCUT2D eigenvalue weighted by Gasteiger charge is -2.41. The van der Waals surface area contributed by atoms with Crippen molar-refractivity contribution in [2.75, 3.05) is 26.9 Å². The summed E-state index contributed by atoms with van der Waals surface area (Å²) in [6.07, 6.45) is 3.16. The Balaban J connectivity index is 1.55. The molecule has 0 aliphatic carbocycles. The number of nitrogens with zero attached hydrogens (tertiary/aromatic N) is 2. The number of allylic oxidation sites excluding steroid dienone is 1. The lowest BCUT2D eigenvalue weighted by Crippen LogP contribution is -2.59.